The molecule has 0 aliphatic heterocycles. The third-order valence-electron chi connectivity index (χ3n) is 4.47. The van der Waals surface area contributed by atoms with Gasteiger partial charge in [0.25, 0.3) is 17.5 Å². The largest absolute Gasteiger partial charge is 0.493 e. The van der Waals surface area contributed by atoms with E-state index in [0.29, 0.717) is 5.56 Å². The second-order valence-electron chi connectivity index (χ2n) is 6.85. The van der Waals surface area contributed by atoms with E-state index < -0.39 is 29.2 Å². The molecule has 0 spiro atoms. The van der Waals surface area contributed by atoms with Crippen LogP contribution in [0.4, 0.5) is 15.8 Å². The number of rotatable bonds is 9. The summed E-state index contributed by atoms with van der Waals surface area (Å²) in [6, 6.07) is 13.7. The molecule has 35 heavy (non-hydrogen) atoms. The molecule has 0 saturated heterocycles. The highest BCUT2D eigenvalue weighted by Crippen LogP contribution is 2.36. The van der Waals surface area contributed by atoms with E-state index in [0.717, 1.165) is 0 Å². The molecule has 12 heteroatoms. The number of nitro groups is 1. The van der Waals surface area contributed by atoms with Crippen molar-refractivity contribution < 1.29 is 28.4 Å². The molecule has 2 amide bonds. The van der Waals surface area contributed by atoms with Gasteiger partial charge in [-0.3, -0.25) is 19.7 Å². The molecular formula is C23H18ClFN4O6. The Balaban J connectivity index is 1.62. The third-order valence-corrected chi connectivity index (χ3v) is 4.75. The summed E-state index contributed by atoms with van der Waals surface area (Å²) in [4.78, 5) is 34.4. The lowest BCUT2D eigenvalue weighted by atomic mass is 10.2. The number of hydrogen-bond donors (Lipinski definition) is 2. The van der Waals surface area contributed by atoms with Gasteiger partial charge in [-0.05, 0) is 42.0 Å². The Labute approximate surface area is 203 Å². The van der Waals surface area contributed by atoms with Crippen LogP contribution in [0.3, 0.4) is 0 Å². The number of methoxy groups -OCH3 is 1. The van der Waals surface area contributed by atoms with Crippen LogP contribution in [0.15, 0.2) is 65.8 Å². The maximum absolute atomic E-state index is 13.7. The maximum atomic E-state index is 13.7. The normalized spacial score (nSPS) is 10.6. The van der Waals surface area contributed by atoms with Crippen LogP contribution >= 0.6 is 11.6 Å². The topological polar surface area (TPSA) is 132 Å². The molecule has 0 bridgehead atoms. The van der Waals surface area contributed by atoms with Crippen molar-refractivity contribution in [3.8, 4) is 11.5 Å². The fourth-order valence-electron chi connectivity index (χ4n) is 2.81. The molecule has 0 aromatic heterocycles. The number of amides is 2. The number of para-hydroxylation sites is 1. The fraction of sp³-hybridized carbons (Fsp3) is 0.0870. The van der Waals surface area contributed by atoms with Gasteiger partial charge in [0.2, 0.25) is 0 Å². The van der Waals surface area contributed by atoms with E-state index in [-0.39, 0.29) is 33.5 Å². The van der Waals surface area contributed by atoms with Crippen LogP contribution in [0, 0.1) is 15.9 Å². The number of hydrogen-bond acceptors (Lipinski definition) is 7. The molecule has 10 nitrogen and oxygen atoms in total. The van der Waals surface area contributed by atoms with E-state index in [4.69, 9.17) is 21.1 Å². The van der Waals surface area contributed by atoms with Gasteiger partial charge in [0, 0.05) is 17.7 Å². The Morgan fingerprint density at radius 1 is 1.17 bits per heavy atom. The van der Waals surface area contributed by atoms with E-state index in [1.807, 2.05) is 0 Å². The third kappa shape index (κ3) is 6.74. The van der Waals surface area contributed by atoms with Crippen molar-refractivity contribution in [3.05, 3.63) is 92.7 Å². The van der Waals surface area contributed by atoms with Crippen LogP contribution < -0.4 is 20.2 Å². The van der Waals surface area contributed by atoms with Crippen molar-refractivity contribution in [2.45, 2.75) is 0 Å². The monoisotopic (exact) mass is 500 g/mol. The average Bonchev–Trinajstić information content (AvgIpc) is 2.84. The van der Waals surface area contributed by atoms with Crippen molar-refractivity contribution in [3.63, 3.8) is 0 Å². The molecule has 180 valence electrons. The minimum absolute atomic E-state index is 0.0153. The number of benzene rings is 3. The lowest BCUT2D eigenvalue weighted by Crippen LogP contribution is -2.21. The van der Waals surface area contributed by atoms with Crippen LogP contribution in [0.1, 0.15) is 15.9 Å². The minimum atomic E-state index is -0.604. The van der Waals surface area contributed by atoms with Gasteiger partial charge in [-0.2, -0.15) is 5.10 Å². The highest BCUT2D eigenvalue weighted by molar-refractivity contribution is 6.32. The Hall–Kier alpha value is -4.51. The number of nitrogens with zero attached hydrogens (tertiary/aromatic N) is 2. The number of halogens is 2. The first kappa shape index (κ1) is 25.1. The van der Waals surface area contributed by atoms with E-state index in [9.17, 15) is 24.1 Å². The second-order valence-corrected chi connectivity index (χ2v) is 7.26. The smallest absolute Gasteiger partial charge is 0.271 e. The number of carbonyl (C=O) groups is 2. The Morgan fingerprint density at radius 2 is 1.89 bits per heavy atom. The van der Waals surface area contributed by atoms with Crippen molar-refractivity contribution in [2.75, 3.05) is 19.0 Å². The summed E-state index contributed by atoms with van der Waals surface area (Å²) in [5.41, 5.74) is 2.80. The first-order valence-electron chi connectivity index (χ1n) is 9.91. The van der Waals surface area contributed by atoms with Gasteiger partial charge in [-0.15, -0.1) is 0 Å². The van der Waals surface area contributed by atoms with Crippen LogP contribution in [0.5, 0.6) is 11.5 Å². The SMILES string of the molecule is COc1cc(/C=N/NC(=O)c2ccc([N+](=O)[O-])cc2)cc(Cl)c1OCC(=O)Nc1ccccc1F. The van der Waals surface area contributed by atoms with E-state index >= 15 is 0 Å². The quantitative estimate of drug-likeness (QED) is 0.257. The van der Waals surface area contributed by atoms with Crippen LogP contribution in [0.25, 0.3) is 0 Å². The summed E-state index contributed by atoms with van der Waals surface area (Å²) in [6.07, 6.45) is 1.30. The molecule has 0 radical (unpaired) electrons. The molecule has 2 N–H and O–H groups in total. The predicted octanol–water partition coefficient (Wildman–Crippen LogP) is 4.18. The van der Waals surface area contributed by atoms with Crippen molar-refractivity contribution in [1.82, 2.24) is 5.43 Å². The Morgan fingerprint density at radius 3 is 2.54 bits per heavy atom. The average molecular weight is 501 g/mol. The molecule has 3 aromatic rings. The van der Waals surface area contributed by atoms with Gasteiger partial charge in [0.15, 0.2) is 18.1 Å². The second kappa shape index (κ2) is 11.6. The van der Waals surface area contributed by atoms with Gasteiger partial charge >= 0.3 is 0 Å². The van der Waals surface area contributed by atoms with Crippen molar-refractivity contribution in [2.24, 2.45) is 5.10 Å². The number of anilines is 1. The zero-order chi connectivity index (χ0) is 25.4. The summed E-state index contributed by atoms with van der Waals surface area (Å²) >= 11 is 6.26. The molecule has 0 heterocycles. The van der Waals surface area contributed by atoms with Gasteiger partial charge in [0.05, 0.1) is 29.0 Å². The minimum Gasteiger partial charge on any atom is -0.493 e. The first-order valence-corrected chi connectivity index (χ1v) is 10.3. The van der Waals surface area contributed by atoms with Gasteiger partial charge in [-0.25, -0.2) is 9.82 Å². The Kier molecular flexibility index (Phi) is 8.30. The lowest BCUT2D eigenvalue weighted by molar-refractivity contribution is -0.384. The van der Waals surface area contributed by atoms with Crippen LogP contribution in [-0.4, -0.2) is 36.7 Å². The lowest BCUT2D eigenvalue weighted by Gasteiger charge is -2.13. The molecule has 3 aromatic carbocycles. The summed E-state index contributed by atoms with van der Waals surface area (Å²) in [5.74, 6) is -1.48. The molecule has 0 aliphatic carbocycles. The molecule has 0 saturated carbocycles. The molecular weight excluding hydrogens is 483 g/mol. The standard InChI is InChI=1S/C23H18ClFN4O6/c1-34-20-11-14(12-26-28-23(31)15-6-8-16(9-7-15)29(32)33)10-17(24)22(20)35-13-21(30)27-19-5-3-2-4-18(19)25/h2-12H,13H2,1H3,(H,27,30)(H,28,31)/b26-12+. The molecule has 0 fully saturated rings. The molecule has 3 rings (SSSR count). The molecule has 0 aliphatic rings. The van der Waals surface area contributed by atoms with Crippen LogP contribution in [-0.2, 0) is 4.79 Å². The first-order chi connectivity index (χ1) is 16.8. The summed E-state index contributed by atoms with van der Waals surface area (Å²) in [6.45, 7) is -0.455. The summed E-state index contributed by atoms with van der Waals surface area (Å²) < 4.78 is 24.4. The van der Waals surface area contributed by atoms with Gasteiger partial charge in [0.1, 0.15) is 5.82 Å². The Bertz CT molecular complexity index is 1280. The van der Waals surface area contributed by atoms with E-state index in [2.05, 4.69) is 15.8 Å². The number of non-ortho nitro benzene ring substituents is 1. The maximum Gasteiger partial charge on any atom is 0.271 e. The van der Waals surface area contributed by atoms with E-state index in [1.54, 1.807) is 6.07 Å². The molecule has 0 atom stereocenters. The highest BCUT2D eigenvalue weighted by Gasteiger charge is 2.15. The van der Waals surface area contributed by atoms with Crippen molar-refractivity contribution >= 4 is 41.0 Å². The zero-order valence-electron chi connectivity index (χ0n) is 18.2. The van der Waals surface area contributed by atoms with Gasteiger partial charge < -0.3 is 14.8 Å². The zero-order valence-corrected chi connectivity index (χ0v) is 18.9. The number of hydrazone groups is 1. The fourth-order valence-corrected chi connectivity index (χ4v) is 3.08. The predicted molar refractivity (Wildman–Crippen MR) is 127 cm³/mol. The summed E-state index contributed by atoms with van der Waals surface area (Å²) in [7, 11) is 1.37. The van der Waals surface area contributed by atoms with Gasteiger partial charge in [-0.1, -0.05) is 23.7 Å². The van der Waals surface area contributed by atoms with E-state index in [1.165, 1.54) is 67.9 Å². The van der Waals surface area contributed by atoms with Crippen LogP contribution in [0.2, 0.25) is 5.02 Å². The number of nitrogens with one attached hydrogen (secondary N) is 2. The summed E-state index contributed by atoms with van der Waals surface area (Å²) in [5, 5.41) is 17.0. The number of carbonyl (C=O) groups excluding carboxylic acids is 2. The molecule has 0 unspecified atom stereocenters. The highest BCUT2D eigenvalue weighted by atomic mass is 35.5. The van der Waals surface area contributed by atoms with Crippen molar-refractivity contribution in [1.29, 1.82) is 0 Å². The number of ether oxygens (including phenoxy) is 2. The number of nitro benzene ring substituents is 1.